The summed E-state index contributed by atoms with van der Waals surface area (Å²) in [5, 5.41) is 8.82. The number of carboxylic acids is 1. The molecule has 3 rings (SSSR count). The first-order valence-corrected chi connectivity index (χ1v) is 7.53. The summed E-state index contributed by atoms with van der Waals surface area (Å²) in [6.07, 6.45) is -0.616. The molecule has 1 N–H and O–H groups in total. The molecule has 2 aliphatic heterocycles. The Morgan fingerprint density at radius 1 is 1.30 bits per heavy atom. The molecule has 7 heteroatoms. The van der Waals surface area contributed by atoms with Gasteiger partial charge in [-0.15, -0.1) is 0 Å². The van der Waals surface area contributed by atoms with Crippen LogP contribution in [0.1, 0.15) is 22.3 Å². The Bertz CT molecular complexity index is 645. The number of fused-ring (bicyclic) bond motifs is 1. The minimum Gasteiger partial charge on any atom is -0.481 e. The summed E-state index contributed by atoms with van der Waals surface area (Å²) in [4.78, 5) is 38.5. The van der Waals surface area contributed by atoms with Crippen LogP contribution in [0.15, 0.2) is 24.3 Å². The Morgan fingerprint density at radius 3 is 2.83 bits per heavy atom. The van der Waals surface area contributed by atoms with Gasteiger partial charge in [-0.1, -0.05) is 18.2 Å². The highest BCUT2D eigenvalue weighted by Gasteiger charge is 2.31. The van der Waals surface area contributed by atoms with Gasteiger partial charge in [0.15, 0.2) is 0 Å². The van der Waals surface area contributed by atoms with Gasteiger partial charge in [0.2, 0.25) is 5.91 Å². The molecule has 0 spiro atoms. The van der Waals surface area contributed by atoms with Gasteiger partial charge in [0, 0.05) is 25.2 Å². The maximum Gasteiger partial charge on any atom is 0.306 e. The number of hydrogen-bond donors (Lipinski definition) is 1. The number of nitrogens with zero attached hydrogens (tertiary/aromatic N) is 2. The van der Waals surface area contributed by atoms with E-state index in [1.54, 1.807) is 17.0 Å². The standard InChI is InChI=1S/C16H18N2O5/c19-14(17-5-6-23-12(9-17)7-15(20)21)10-18-8-11-3-1-2-4-13(11)16(18)22/h1-4,12H,5-10H2,(H,20,21). The summed E-state index contributed by atoms with van der Waals surface area (Å²) in [5.74, 6) is -1.26. The average Bonchev–Trinajstić information content (AvgIpc) is 2.83. The zero-order chi connectivity index (χ0) is 16.4. The van der Waals surface area contributed by atoms with E-state index < -0.39 is 12.1 Å². The first kappa shape index (κ1) is 15.5. The number of morpholine rings is 1. The van der Waals surface area contributed by atoms with E-state index in [1.165, 1.54) is 4.90 Å². The van der Waals surface area contributed by atoms with Gasteiger partial charge in [-0.3, -0.25) is 14.4 Å². The quantitative estimate of drug-likeness (QED) is 0.865. The van der Waals surface area contributed by atoms with E-state index in [-0.39, 0.29) is 31.3 Å². The number of carboxylic acid groups (broad SMARTS) is 1. The molecular formula is C16H18N2O5. The number of carbonyl (C=O) groups excluding carboxylic acids is 2. The summed E-state index contributed by atoms with van der Waals surface area (Å²) in [5.41, 5.74) is 1.57. The van der Waals surface area contributed by atoms with Gasteiger partial charge in [0.05, 0.1) is 19.1 Å². The molecule has 1 fully saturated rings. The van der Waals surface area contributed by atoms with E-state index in [1.807, 2.05) is 12.1 Å². The van der Waals surface area contributed by atoms with Crippen LogP contribution in [0.4, 0.5) is 0 Å². The Labute approximate surface area is 133 Å². The summed E-state index contributed by atoms with van der Waals surface area (Å²) in [6, 6.07) is 7.32. The molecule has 0 aliphatic carbocycles. The number of amides is 2. The molecule has 0 saturated carbocycles. The van der Waals surface area contributed by atoms with Crippen LogP contribution in [0, 0.1) is 0 Å². The third kappa shape index (κ3) is 3.34. The number of carbonyl (C=O) groups is 3. The predicted molar refractivity (Wildman–Crippen MR) is 79.8 cm³/mol. The molecule has 1 unspecified atom stereocenters. The molecule has 2 aliphatic rings. The van der Waals surface area contributed by atoms with Crippen LogP contribution in [0.3, 0.4) is 0 Å². The number of benzene rings is 1. The maximum absolute atomic E-state index is 12.4. The molecule has 1 aromatic carbocycles. The van der Waals surface area contributed by atoms with Gasteiger partial charge >= 0.3 is 5.97 Å². The number of rotatable bonds is 4. The number of hydrogen-bond acceptors (Lipinski definition) is 4. The highest BCUT2D eigenvalue weighted by Crippen LogP contribution is 2.22. The second kappa shape index (κ2) is 6.37. The van der Waals surface area contributed by atoms with Crippen molar-refractivity contribution in [3.63, 3.8) is 0 Å². The minimum absolute atomic E-state index is 0.00725. The summed E-state index contributed by atoms with van der Waals surface area (Å²) >= 11 is 0. The van der Waals surface area contributed by atoms with Crippen molar-refractivity contribution < 1.29 is 24.2 Å². The van der Waals surface area contributed by atoms with E-state index in [4.69, 9.17) is 9.84 Å². The highest BCUT2D eigenvalue weighted by atomic mass is 16.5. The topological polar surface area (TPSA) is 87.2 Å². The van der Waals surface area contributed by atoms with Crippen molar-refractivity contribution in [3.05, 3.63) is 35.4 Å². The second-order valence-corrected chi connectivity index (χ2v) is 5.75. The van der Waals surface area contributed by atoms with Crippen LogP contribution >= 0.6 is 0 Å². The lowest BCUT2D eigenvalue weighted by atomic mass is 10.1. The third-order valence-corrected chi connectivity index (χ3v) is 4.12. The first-order valence-electron chi connectivity index (χ1n) is 7.53. The van der Waals surface area contributed by atoms with Gasteiger partial charge in [-0.2, -0.15) is 0 Å². The van der Waals surface area contributed by atoms with Crippen LogP contribution in [-0.2, 0) is 20.9 Å². The molecule has 0 radical (unpaired) electrons. The van der Waals surface area contributed by atoms with Crippen LogP contribution in [-0.4, -0.2) is 65.0 Å². The Morgan fingerprint density at radius 2 is 2.09 bits per heavy atom. The van der Waals surface area contributed by atoms with Gasteiger partial charge in [0.25, 0.3) is 5.91 Å². The van der Waals surface area contributed by atoms with Gasteiger partial charge in [-0.05, 0) is 11.6 Å². The molecule has 1 atom stereocenters. The van der Waals surface area contributed by atoms with Gasteiger partial charge < -0.3 is 19.6 Å². The summed E-state index contributed by atoms with van der Waals surface area (Å²) < 4.78 is 5.36. The largest absolute Gasteiger partial charge is 0.481 e. The lowest BCUT2D eigenvalue weighted by molar-refractivity contribution is -0.148. The molecular weight excluding hydrogens is 300 g/mol. The van der Waals surface area contributed by atoms with Crippen molar-refractivity contribution >= 4 is 17.8 Å². The van der Waals surface area contributed by atoms with Crippen molar-refractivity contribution in [2.75, 3.05) is 26.2 Å². The molecule has 0 aromatic heterocycles. The molecule has 23 heavy (non-hydrogen) atoms. The fourth-order valence-corrected chi connectivity index (χ4v) is 2.97. The fourth-order valence-electron chi connectivity index (χ4n) is 2.97. The van der Waals surface area contributed by atoms with E-state index in [0.717, 1.165) is 5.56 Å². The number of aliphatic carboxylic acids is 1. The van der Waals surface area contributed by atoms with Crippen molar-refractivity contribution in [2.45, 2.75) is 19.1 Å². The second-order valence-electron chi connectivity index (χ2n) is 5.75. The molecule has 2 amide bonds. The molecule has 0 bridgehead atoms. The van der Waals surface area contributed by atoms with Crippen molar-refractivity contribution in [1.82, 2.24) is 9.80 Å². The van der Waals surface area contributed by atoms with E-state index in [9.17, 15) is 14.4 Å². The molecule has 122 valence electrons. The van der Waals surface area contributed by atoms with Crippen LogP contribution < -0.4 is 0 Å². The van der Waals surface area contributed by atoms with Crippen molar-refractivity contribution in [3.8, 4) is 0 Å². The SMILES string of the molecule is O=C(O)CC1CN(C(=O)CN2Cc3ccccc3C2=O)CCO1. The minimum atomic E-state index is -0.950. The number of ether oxygens (including phenoxy) is 1. The highest BCUT2D eigenvalue weighted by molar-refractivity contribution is 6.00. The monoisotopic (exact) mass is 318 g/mol. The fraction of sp³-hybridized carbons (Fsp3) is 0.438. The Balaban J connectivity index is 1.60. The summed E-state index contributed by atoms with van der Waals surface area (Å²) in [7, 11) is 0. The van der Waals surface area contributed by atoms with Crippen molar-refractivity contribution in [1.29, 1.82) is 0 Å². The van der Waals surface area contributed by atoms with Gasteiger partial charge in [-0.25, -0.2) is 0 Å². The maximum atomic E-state index is 12.4. The molecule has 1 saturated heterocycles. The Hall–Kier alpha value is -2.41. The van der Waals surface area contributed by atoms with Crippen LogP contribution in [0.25, 0.3) is 0 Å². The molecule has 2 heterocycles. The van der Waals surface area contributed by atoms with Gasteiger partial charge in [0.1, 0.15) is 6.54 Å². The first-order chi connectivity index (χ1) is 11.0. The zero-order valence-electron chi connectivity index (χ0n) is 12.6. The zero-order valence-corrected chi connectivity index (χ0v) is 12.6. The van der Waals surface area contributed by atoms with E-state index in [0.29, 0.717) is 25.3 Å². The average molecular weight is 318 g/mol. The van der Waals surface area contributed by atoms with Crippen molar-refractivity contribution in [2.24, 2.45) is 0 Å². The smallest absolute Gasteiger partial charge is 0.306 e. The predicted octanol–water partition coefficient (Wildman–Crippen LogP) is 0.344. The third-order valence-electron chi connectivity index (χ3n) is 4.12. The summed E-state index contributed by atoms with van der Waals surface area (Å²) in [6.45, 7) is 1.43. The van der Waals surface area contributed by atoms with E-state index in [2.05, 4.69) is 0 Å². The van der Waals surface area contributed by atoms with Crippen LogP contribution in [0.2, 0.25) is 0 Å². The molecule has 7 nitrogen and oxygen atoms in total. The molecule has 1 aromatic rings. The Kier molecular flexibility index (Phi) is 4.29. The van der Waals surface area contributed by atoms with Crippen LogP contribution in [0.5, 0.6) is 0 Å². The lowest BCUT2D eigenvalue weighted by Gasteiger charge is -2.33. The normalized spacial score (nSPS) is 20.5. The lowest BCUT2D eigenvalue weighted by Crippen LogP contribution is -2.49. The van der Waals surface area contributed by atoms with E-state index >= 15 is 0 Å².